The molecule has 2 bridgehead atoms. The van der Waals surface area contributed by atoms with E-state index in [-0.39, 0.29) is 29.6 Å². The normalized spacial score (nSPS) is 30.2. The molecule has 0 unspecified atom stereocenters. The Morgan fingerprint density at radius 3 is 2.67 bits per heavy atom. The van der Waals surface area contributed by atoms with Gasteiger partial charge in [-0.05, 0) is 31.4 Å². The highest BCUT2D eigenvalue weighted by atomic mass is 35.5. The van der Waals surface area contributed by atoms with Crippen molar-refractivity contribution in [2.75, 3.05) is 19.7 Å². The molecule has 0 atom stereocenters. The largest absolute Gasteiger partial charge is 0.484 e. The highest BCUT2D eigenvalue weighted by molar-refractivity contribution is 6.42. The van der Waals surface area contributed by atoms with E-state index in [9.17, 15) is 9.59 Å². The highest BCUT2D eigenvalue weighted by Crippen LogP contribution is 2.63. The fourth-order valence-corrected chi connectivity index (χ4v) is 4.41. The van der Waals surface area contributed by atoms with Crippen molar-refractivity contribution in [1.29, 1.82) is 0 Å². The Labute approximate surface area is 149 Å². The van der Waals surface area contributed by atoms with Gasteiger partial charge in [0.15, 0.2) is 6.61 Å². The molecule has 1 saturated heterocycles. The van der Waals surface area contributed by atoms with Gasteiger partial charge < -0.3 is 20.3 Å². The van der Waals surface area contributed by atoms with Crippen LogP contribution in [0.5, 0.6) is 5.75 Å². The van der Waals surface area contributed by atoms with Crippen LogP contribution in [0, 0.1) is 0 Å². The first kappa shape index (κ1) is 15.8. The average Bonchev–Trinajstić information content (AvgIpc) is 2.89. The minimum absolute atomic E-state index is 0.0116. The van der Waals surface area contributed by atoms with Crippen LogP contribution in [0.15, 0.2) is 18.2 Å². The van der Waals surface area contributed by atoms with Gasteiger partial charge in [-0.3, -0.25) is 4.79 Å². The predicted molar refractivity (Wildman–Crippen MR) is 89.5 cm³/mol. The van der Waals surface area contributed by atoms with Gasteiger partial charge in [0, 0.05) is 24.7 Å². The van der Waals surface area contributed by atoms with Crippen molar-refractivity contribution >= 4 is 35.1 Å². The number of carbonyl (C=O) groups excluding carboxylic acids is 2. The van der Waals surface area contributed by atoms with Crippen molar-refractivity contribution in [3.8, 4) is 5.75 Å². The van der Waals surface area contributed by atoms with E-state index in [0.29, 0.717) is 22.3 Å². The zero-order valence-corrected chi connectivity index (χ0v) is 14.4. The van der Waals surface area contributed by atoms with E-state index in [1.54, 1.807) is 18.2 Å². The summed E-state index contributed by atoms with van der Waals surface area (Å²) in [4.78, 5) is 25.8. The van der Waals surface area contributed by atoms with E-state index in [1.165, 1.54) is 0 Å². The SMILES string of the molecule is O=C(COc1ccc(Cl)c(Cl)c1)NC12CC(N3CCNC3=O)(C1)C2. The molecule has 0 radical (unpaired) electrons. The standard InChI is InChI=1S/C16H17Cl2N3O3/c17-11-2-1-10(5-12(11)18)24-6-13(22)20-15-7-16(8-15,9-15)21-4-3-19-14(21)23/h1-2,5H,3-4,6-9H2,(H,19,23)(H,20,22). The molecule has 1 heterocycles. The number of nitrogens with zero attached hydrogens (tertiary/aromatic N) is 1. The lowest BCUT2D eigenvalue weighted by atomic mass is 9.43. The number of ether oxygens (including phenoxy) is 1. The third kappa shape index (κ3) is 2.48. The van der Waals surface area contributed by atoms with Crippen LogP contribution in [-0.4, -0.2) is 47.6 Å². The molecule has 3 saturated carbocycles. The molecule has 128 valence electrons. The summed E-state index contributed by atoms with van der Waals surface area (Å²) in [5.41, 5.74) is -0.209. The summed E-state index contributed by atoms with van der Waals surface area (Å²) in [7, 11) is 0. The van der Waals surface area contributed by atoms with Crippen LogP contribution in [0.1, 0.15) is 19.3 Å². The number of rotatable bonds is 5. The fourth-order valence-electron chi connectivity index (χ4n) is 4.12. The molecule has 1 aliphatic heterocycles. The third-order valence-electron chi connectivity index (χ3n) is 5.10. The number of halogens is 2. The lowest BCUT2D eigenvalue weighted by Gasteiger charge is -2.72. The molecule has 4 fully saturated rings. The second-order valence-electron chi connectivity index (χ2n) is 6.83. The van der Waals surface area contributed by atoms with Crippen molar-refractivity contribution < 1.29 is 14.3 Å². The van der Waals surface area contributed by atoms with E-state index in [2.05, 4.69) is 10.6 Å². The van der Waals surface area contributed by atoms with Gasteiger partial charge in [0.1, 0.15) is 5.75 Å². The van der Waals surface area contributed by atoms with Crippen molar-refractivity contribution in [2.45, 2.75) is 30.3 Å². The summed E-state index contributed by atoms with van der Waals surface area (Å²) >= 11 is 11.8. The van der Waals surface area contributed by atoms with Crippen LogP contribution >= 0.6 is 23.2 Å². The first-order chi connectivity index (χ1) is 11.4. The molecule has 6 nitrogen and oxygen atoms in total. The summed E-state index contributed by atoms with van der Waals surface area (Å²) in [6, 6.07) is 4.89. The van der Waals surface area contributed by atoms with E-state index in [4.69, 9.17) is 27.9 Å². The van der Waals surface area contributed by atoms with Gasteiger partial charge in [-0.15, -0.1) is 0 Å². The molecule has 24 heavy (non-hydrogen) atoms. The molecule has 1 aromatic carbocycles. The second-order valence-corrected chi connectivity index (χ2v) is 7.65. The number of urea groups is 1. The van der Waals surface area contributed by atoms with Gasteiger partial charge in [-0.1, -0.05) is 23.2 Å². The van der Waals surface area contributed by atoms with Crippen LogP contribution in [0.2, 0.25) is 10.0 Å². The van der Waals surface area contributed by atoms with E-state index < -0.39 is 0 Å². The Balaban J connectivity index is 1.26. The average molecular weight is 370 g/mol. The molecule has 4 aliphatic rings. The van der Waals surface area contributed by atoms with E-state index >= 15 is 0 Å². The number of amides is 3. The van der Waals surface area contributed by atoms with Crippen molar-refractivity contribution in [3.05, 3.63) is 28.2 Å². The zero-order valence-electron chi connectivity index (χ0n) is 12.9. The number of nitrogens with one attached hydrogen (secondary N) is 2. The first-order valence-corrected chi connectivity index (χ1v) is 8.61. The number of hydrogen-bond acceptors (Lipinski definition) is 3. The second kappa shape index (κ2) is 5.43. The molecular formula is C16H17Cl2N3O3. The molecule has 5 rings (SSSR count). The quantitative estimate of drug-likeness (QED) is 0.835. The smallest absolute Gasteiger partial charge is 0.317 e. The summed E-state index contributed by atoms with van der Waals surface area (Å²) in [6.45, 7) is 1.39. The van der Waals surface area contributed by atoms with E-state index in [1.807, 2.05) is 4.90 Å². The minimum Gasteiger partial charge on any atom is -0.484 e. The van der Waals surface area contributed by atoms with Gasteiger partial charge in [0.05, 0.1) is 15.6 Å². The zero-order chi connectivity index (χ0) is 16.9. The van der Waals surface area contributed by atoms with Crippen LogP contribution in [0.25, 0.3) is 0 Å². The van der Waals surface area contributed by atoms with Gasteiger partial charge in [-0.2, -0.15) is 0 Å². The Morgan fingerprint density at radius 2 is 2.04 bits per heavy atom. The maximum absolute atomic E-state index is 12.1. The topological polar surface area (TPSA) is 70.7 Å². The number of benzene rings is 1. The van der Waals surface area contributed by atoms with Crippen molar-refractivity contribution in [2.24, 2.45) is 0 Å². The number of carbonyl (C=O) groups is 2. The monoisotopic (exact) mass is 369 g/mol. The van der Waals surface area contributed by atoms with Gasteiger partial charge in [0.25, 0.3) is 5.91 Å². The van der Waals surface area contributed by atoms with Crippen molar-refractivity contribution in [3.63, 3.8) is 0 Å². The molecule has 1 aromatic rings. The summed E-state index contributed by atoms with van der Waals surface area (Å²) in [5.74, 6) is 0.336. The molecule has 0 spiro atoms. The van der Waals surface area contributed by atoms with Crippen LogP contribution in [0.3, 0.4) is 0 Å². The Hall–Kier alpha value is -1.66. The Morgan fingerprint density at radius 1 is 1.29 bits per heavy atom. The minimum atomic E-state index is -0.166. The molecule has 3 aliphatic carbocycles. The van der Waals surface area contributed by atoms with Crippen LogP contribution in [-0.2, 0) is 4.79 Å². The molecular weight excluding hydrogens is 353 g/mol. The van der Waals surface area contributed by atoms with E-state index in [0.717, 1.165) is 25.8 Å². The summed E-state index contributed by atoms with van der Waals surface area (Å²) in [5, 5.41) is 6.70. The van der Waals surface area contributed by atoms with Gasteiger partial charge in [0.2, 0.25) is 0 Å². The lowest BCUT2D eigenvalue weighted by Crippen LogP contribution is -2.84. The molecule has 0 aromatic heterocycles. The Bertz CT molecular complexity index is 705. The van der Waals surface area contributed by atoms with Crippen LogP contribution in [0.4, 0.5) is 4.79 Å². The number of hydrogen-bond donors (Lipinski definition) is 2. The van der Waals surface area contributed by atoms with Gasteiger partial charge >= 0.3 is 6.03 Å². The lowest BCUT2D eigenvalue weighted by molar-refractivity contribution is -0.165. The molecule has 8 heteroatoms. The van der Waals surface area contributed by atoms with Gasteiger partial charge in [-0.25, -0.2) is 4.79 Å². The first-order valence-electron chi connectivity index (χ1n) is 7.86. The maximum atomic E-state index is 12.1. The summed E-state index contributed by atoms with van der Waals surface area (Å²) in [6.07, 6.45) is 2.48. The third-order valence-corrected chi connectivity index (χ3v) is 5.84. The Kier molecular flexibility index (Phi) is 3.58. The molecule has 2 N–H and O–H groups in total. The fraction of sp³-hybridized carbons (Fsp3) is 0.500. The van der Waals surface area contributed by atoms with Crippen LogP contribution < -0.4 is 15.4 Å². The predicted octanol–water partition coefficient (Wildman–Crippen LogP) is 2.19. The maximum Gasteiger partial charge on any atom is 0.317 e. The highest BCUT2D eigenvalue weighted by Gasteiger charge is 2.72. The molecule has 3 amide bonds. The van der Waals surface area contributed by atoms with Crippen molar-refractivity contribution in [1.82, 2.24) is 15.5 Å². The summed E-state index contributed by atoms with van der Waals surface area (Å²) < 4.78 is 5.45.